The van der Waals surface area contributed by atoms with Gasteiger partial charge in [-0.25, -0.2) is 0 Å². The molecule has 20 heavy (non-hydrogen) atoms. The van der Waals surface area contributed by atoms with Crippen molar-refractivity contribution in [1.29, 1.82) is 5.26 Å². The van der Waals surface area contributed by atoms with Crippen molar-refractivity contribution in [3.8, 4) is 11.9 Å². The molecular formula is C15H11ClN2O2. The molecule has 0 spiro atoms. The molecule has 1 amide bonds. The molecule has 0 fully saturated rings. The monoisotopic (exact) mass is 286 g/mol. The largest absolute Gasteiger partial charge is 0.489 e. The van der Waals surface area contributed by atoms with Crippen LogP contribution in [0.4, 0.5) is 0 Å². The molecule has 4 nitrogen and oxygen atoms in total. The van der Waals surface area contributed by atoms with E-state index in [0.29, 0.717) is 17.4 Å². The number of ether oxygens (including phenoxy) is 1. The van der Waals surface area contributed by atoms with Crippen molar-refractivity contribution < 1.29 is 9.53 Å². The molecule has 2 aromatic carbocycles. The molecule has 1 N–H and O–H groups in total. The van der Waals surface area contributed by atoms with E-state index in [4.69, 9.17) is 21.6 Å². The van der Waals surface area contributed by atoms with Crippen LogP contribution in [0, 0.1) is 11.5 Å². The van der Waals surface area contributed by atoms with E-state index < -0.39 is 5.91 Å². The minimum Gasteiger partial charge on any atom is -0.489 e. The lowest BCUT2D eigenvalue weighted by atomic mass is 10.2. The van der Waals surface area contributed by atoms with Crippen molar-refractivity contribution >= 4 is 17.5 Å². The highest BCUT2D eigenvalue weighted by atomic mass is 35.5. The fourth-order valence-corrected chi connectivity index (χ4v) is 1.87. The second-order valence-electron chi connectivity index (χ2n) is 4.02. The van der Waals surface area contributed by atoms with E-state index in [1.54, 1.807) is 18.3 Å². The summed E-state index contributed by atoms with van der Waals surface area (Å²) in [7, 11) is 0. The molecule has 100 valence electrons. The standard InChI is InChI=1S/C15H11ClN2O2/c16-13-6-12(15(19)18-10-17)7-14(8-13)20-9-11-4-2-1-3-5-11/h1-8H,9H2,(H,18,19). The van der Waals surface area contributed by atoms with E-state index in [0.717, 1.165) is 5.56 Å². The molecule has 0 radical (unpaired) electrons. The van der Waals surface area contributed by atoms with Gasteiger partial charge < -0.3 is 4.74 Å². The lowest BCUT2D eigenvalue weighted by Crippen LogP contribution is -2.17. The van der Waals surface area contributed by atoms with E-state index in [2.05, 4.69) is 0 Å². The number of halogens is 1. The molecule has 0 aliphatic carbocycles. The Labute approximate surface area is 121 Å². The van der Waals surface area contributed by atoms with Crippen LogP contribution in [0.5, 0.6) is 5.75 Å². The fraction of sp³-hybridized carbons (Fsp3) is 0.0667. The average molecular weight is 287 g/mol. The molecule has 2 aromatic rings. The Kier molecular flexibility index (Phi) is 4.59. The first-order chi connectivity index (χ1) is 9.69. The minimum absolute atomic E-state index is 0.280. The summed E-state index contributed by atoms with van der Waals surface area (Å²) in [6.07, 6.45) is 1.58. The van der Waals surface area contributed by atoms with Gasteiger partial charge in [-0.1, -0.05) is 41.9 Å². The maximum Gasteiger partial charge on any atom is 0.264 e. The van der Waals surface area contributed by atoms with Gasteiger partial charge in [-0.2, -0.15) is 5.26 Å². The Morgan fingerprint density at radius 3 is 2.70 bits per heavy atom. The molecule has 0 aliphatic rings. The number of hydrogen-bond donors (Lipinski definition) is 1. The quantitative estimate of drug-likeness (QED) is 0.694. The normalized spacial score (nSPS) is 9.60. The Morgan fingerprint density at radius 1 is 1.25 bits per heavy atom. The number of nitrogens with one attached hydrogen (secondary N) is 1. The summed E-state index contributed by atoms with van der Waals surface area (Å²) in [5.41, 5.74) is 1.29. The summed E-state index contributed by atoms with van der Waals surface area (Å²) in [6, 6.07) is 14.3. The first-order valence-corrected chi connectivity index (χ1v) is 6.23. The second kappa shape index (κ2) is 6.60. The van der Waals surface area contributed by atoms with Gasteiger partial charge in [0.2, 0.25) is 0 Å². The van der Waals surface area contributed by atoms with Gasteiger partial charge in [0.05, 0.1) is 0 Å². The van der Waals surface area contributed by atoms with E-state index in [-0.39, 0.29) is 5.56 Å². The molecule has 0 atom stereocenters. The molecule has 0 saturated carbocycles. The Balaban J connectivity index is 2.12. The molecule has 0 aliphatic heterocycles. The SMILES string of the molecule is N#CNC(=O)c1cc(Cl)cc(OCc2ccccc2)c1. The van der Waals surface area contributed by atoms with Crippen LogP contribution in [0.3, 0.4) is 0 Å². The predicted molar refractivity (Wildman–Crippen MR) is 75.3 cm³/mol. The van der Waals surface area contributed by atoms with Crippen LogP contribution in [0.1, 0.15) is 15.9 Å². The first-order valence-electron chi connectivity index (χ1n) is 5.86. The van der Waals surface area contributed by atoms with Gasteiger partial charge in [-0.05, 0) is 23.8 Å². The highest BCUT2D eigenvalue weighted by Crippen LogP contribution is 2.22. The lowest BCUT2D eigenvalue weighted by molar-refractivity contribution is 0.0972. The third kappa shape index (κ3) is 3.74. The summed E-state index contributed by atoms with van der Waals surface area (Å²) >= 11 is 5.93. The molecular weight excluding hydrogens is 276 g/mol. The molecule has 0 bridgehead atoms. The Morgan fingerprint density at radius 2 is 2.00 bits per heavy atom. The first kappa shape index (κ1) is 13.9. The Bertz CT molecular complexity index is 651. The topological polar surface area (TPSA) is 62.1 Å². The fourth-order valence-electron chi connectivity index (χ4n) is 1.64. The van der Waals surface area contributed by atoms with Crippen molar-refractivity contribution in [2.24, 2.45) is 0 Å². The number of hydrogen-bond acceptors (Lipinski definition) is 3. The van der Waals surface area contributed by atoms with E-state index in [1.165, 1.54) is 6.07 Å². The van der Waals surface area contributed by atoms with Gasteiger partial charge in [0.1, 0.15) is 12.4 Å². The van der Waals surface area contributed by atoms with Gasteiger partial charge in [0.15, 0.2) is 6.19 Å². The highest BCUT2D eigenvalue weighted by molar-refractivity contribution is 6.31. The number of carbonyl (C=O) groups excluding carboxylic acids is 1. The van der Waals surface area contributed by atoms with Crippen LogP contribution in [0.15, 0.2) is 48.5 Å². The molecule has 0 aromatic heterocycles. The zero-order valence-electron chi connectivity index (χ0n) is 10.5. The maximum atomic E-state index is 11.6. The lowest BCUT2D eigenvalue weighted by Gasteiger charge is -2.08. The molecule has 0 heterocycles. The minimum atomic E-state index is -0.514. The van der Waals surface area contributed by atoms with Gasteiger partial charge in [0, 0.05) is 10.6 Å². The van der Waals surface area contributed by atoms with Crippen molar-refractivity contribution in [2.75, 3.05) is 0 Å². The summed E-state index contributed by atoms with van der Waals surface area (Å²) < 4.78 is 5.59. The number of nitrogens with zero attached hydrogens (tertiary/aromatic N) is 1. The van der Waals surface area contributed by atoms with Crippen LogP contribution in [0.2, 0.25) is 5.02 Å². The summed E-state index contributed by atoms with van der Waals surface area (Å²) in [4.78, 5) is 11.6. The Hall–Kier alpha value is -2.51. The number of carbonyl (C=O) groups is 1. The van der Waals surface area contributed by atoms with Crippen LogP contribution < -0.4 is 10.1 Å². The van der Waals surface area contributed by atoms with Gasteiger partial charge >= 0.3 is 0 Å². The molecule has 0 saturated heterocycles. The summed E-state index contributed by atoms with van der Waals surface area (Å²) in [5.74, 6) is -0.0380. The zero-order chi connectivity index (χ0) is 14.4. The number of benzene rings is 2. The van der Waals surface area contributed by atoms with Crippen molar-refractivity contribution in [1.82, 2.24) is 5.32 Å². The third-order valence-corrected chi connectivity index (χ3v) is 2.77. The molecule has 5 heteroatoms. The van der Waals surface area contributed by atoms with Crippen LogP contribution in [0.25, 0.3) is 0 Å². The van der Waals surface area contributed by atoms with E-state index in [9.17, 15) is 4.79 Å². The molecule has 2 rings (SSSR count). The van der Waals surface area contributed by atoms with Crippen LogP contribution >= 0.6 is 11.6 Å². The smallest absolute Gasteiger partial charge is 0.264 e. The van der Waals surface area contributed by atoms with Crippen molar-refractivity contribution in [3.63, 3.8) is 0 Å². The predicted octanol–water partition coefficient (Wildman–Crippen LogP) is 3.13. The maximum absolute atomic E-state index is 11.6. The van der Waals surface area contributed by atoms with Gasteiger partial charge in [-0.15, -0.1) is 0 Å². The third-order valence-electron chi connectivity index (χ3n) is 2.55. The molecule has 0 unspecified atom stereocenters. The zero-order valence-corrected chi connectivity index (χ0v) is 11.2. The average Bonchev–Trinajstić information content (AvgIpc) is 2.46. The number of rotatable bonds is 4. The number of nitriles is 1. The van der Waals surface area contributed by atoms with E-state index >= 15 is 0 Å². The van der Waals surface area contributed by atoms with Crippen molar-refractivity contribution in [3.05, 3.63) is 64.7 Å². The summed E-state index contributed by atoms with van der Waals surface area (Å²) in [6.45, 7) is 0.375. The van der Waals surface area contributed by atoms with E-state index in [1.807, 2.05) is 35.6 Å². The van der Waals surface area contributed by atoms with Gasteiger partial charge in [-0.3, -0.25) is 10.1 Å². The summed E-state index contributed by atoms with van der Waals surface area (Å²) in [5, 5.41) is 10.9. The second-order valence-corrected chi connectivity index (χ2v) is 4.45. The van der Waals surface area contributed by atoms with Crippen LogP contribution in [-0.2, 0) is 6.61 Å². The highest BCUT2D eigenvalue weighted by Gasteiger charge is 2.08. The number of amides is 1. The van der Waals surface area contributed by atoms with Gasteiger partial charge in [0.25, 0.3) is 5.91 Å². The van der Waals surface area contributed by atoms with Crippen molar-refractivity contribution in [2.45, 2.75) is 6.61 Å². The van der Waals surface area contributed by atoms with Crippen LogP contribution in [-0.4, -0.2) is 5.91 Å².